The Labute approximate surface area is 147 Å². The number of nitrogens with one attached hydrogen (secondary N) is 1. The molecular formula is C22H20FNO. The summed E-state index contributed by atoms with van der Waals surface area (Å²) in [4.78, 5) is 12.5. The van der Waals surface area contributed by atoms with E-state index in [1.54, 1.807) is 12.1 Å². The lowest BCUT2D eigenvalue weighted by Gasteiger charge is -2.14. The third-order valence-corrected chi connectivity index (χ3v) is 4.22. The number of hydrogen-bond donors (Lipinski definition) is 1. The van der Waals surface area contributed by atoms with Gasteiger partial charge in [-0.25, -0.2) is 4.39 Å². The standard InChI is InChI=1S/C22H20FNO/c1-16(17-11-13-19(23)14-12-17)15-22(25)24-21-10-6-5-9-20(21)18-7-3-2-4-8-18/h2-14,16H,15H2,1H3,(H,24,25). The number of amides is 1. The van der Waals surface area contributed by atoms with E-state index in [4.69, 9.17) is 0 Å². The molecule has 0 fully saturated rings. The Morgan fingerprint density at radius 1 is 0.920 bits per heavy atom. The molecule has 0 spiro atoms. The van der Waals surface area contributed by atoms with Crippen molar-refractivity contribution in [1.29, 1.82) is 0 Å². The third-order valence-electron chi connectivity index (χ3n) is 4.22. The molecule has 0 aliphatic heterocycles. The molecule has 25 heavy (non-hydrogen) atoms. The molecule has 1 amide bonds. The first-order valence-corrected chi connectivity index (χ1v) is 8.33. The molecule has 2 nitrogen and oxygen atoms in total. The lowest BCUT2D eigenvalue weighted by Crippen LogP contribution is -2.15. The van der Waals surface area contributed by atoms with Crippen molar-refractivity contribution in [2.45, 2.75) is 19.3 Å². The van der Waals surface area contributed by atoms with Crippen molar-refractivity contribution < 1.29 is 9.18 Å². The number of hydrogen-bond acceptors (Lipinski definition) is 1. The molecule has 3 aromatic carbocycles. The predicted octanol–water partition coefficient (Wildman–Crippen LogP) is 5.63. The monoisotopic (exact) mass is 333 g/mol. The number of benzene rings is 3. The summed E-state index contributed by atoms with van der Waals surface area (Å²) in [6, 6.07) is 24.0. The maximum Gasteiger partial charge on any atom is 0.224 e. The van der Waals surface area contributed by atoms with Crippen molar-refractivity contribution in [2.75, 3.05) is 5.32 Å². The largest absolute Gasteiger partial charge is 0.325 e. The fourth-order valence-electron chi connectivity index (χ4n) is 2.85. The van der Waals surface area contributed by atoms with Crippen molar-refractivity contribution >= 4 is 11.6 Å². The van der Waals surface area contributed by atoms with E-state index in [9.17, 15) is 9.18 Å². The first-order chi connectivity index (χ1) is 12.1. The summed E-state index contributed by atoms with van der Waals surface area (Å²) in [6.45, 7) is 1.97. The number of carbonyl (C=O) groups is 1. The highest BCUT2D eigenvalue weighted by atomic mass is 19.1. The Balaban J connectivity index is 1.72. The van der Waals surface area contributed by atoms with Gasteiger partial charge >= 0.3 is 0 Å². The molecule has 1 N–H and O–H groups in total. The second-order valence-electron chi connectivity index (χ2n) is 6.12. The molecule has 3 heteroatoms. The Morgan fingerprint density at radius 3 is 2.28 bits per heavy atom. The lowest BCUT2D eigenvalue weighted by atomic mass is 9.97. The van der Waals surface area contributed by atoms with Gasteiger partial charge < -0.3 is 5.32 Å². The van der Waals surface area contributed by atoms with Gasteiger partial charge in [0, 0.05) is 17.7 Å². The molecule has 0 bridgehead atoms. The minimum atomic E-state index is -0.266. The molecule has 3 rings (SSSR count). The molecule has 0 saturated heterocycles. The molecule has 0 saturated carbocycles. The zero-order valence-corrected chi connectivity index (χ0v) is 14.1. The molecule has 0 radical (unpaired) electrons. The number of rotatable bonds is 5. The van der Waals surface area contributed by atoms with E-state index >= 15 is 0 Å². The van der Waals surface area contributed by atoms with Crippen LogP contribution in [0.15, 0.2) is 78.9 Å². The molecule has 0 aliphatic carbocycles. The quantitative estimate of drug-likeness (QED) is 0.644. The van der Waals surface area contributed by atoms with Crippen molar-refractivity contribution in [2.24, 2.45) is 0 Å². The summed E-state index contributed by atoms with van der Waals surface area (Å²) in [5.74, 6) is -0.304. The summed E-state index contributed by atoms with van der Waals surface area (Å²) in [5.41, 5.74) is 3.80. The minimum Gasteiger partial charge on any atom is -0.325 e. The number of carbonyl (C=O) groups excluding carboxylic acids is 1. The predicted molar refractivity (Wildman–Crippen MR) is 99.9 cm³/mol. The van der Waals surface area contributed by atoms with Crippen LogP contribution in [-0.2, 0) is 4.79 Å². The second kappa shape index (κ2) is 7.75. The molecule has 3 aromatic rings. The van der Waals surface area contributed by atoms with Gasteiger partial charge in [0.15, 0.2) is 0 Å². The van der Waals surface area contributed by atoms with Crippen LogP contribution < -0.4 is 5.32 Å². The lowest BCUT2D eigenvalue weighted by molar-refractivity contribution is -0.116. The van der Waals surface area contributed by atoms with Gasteiger partial charge in [0.05, 0.1) is 0 Å². The SMILES string of the molecule is CC(CC(=O)Nc1ccccc1-c1ccccc1)c1ccc(F)cc1. The fraction of sp³-hybridized carbons (Fsp3) is 0.136. The maximum absolute atomic E-state index is 13.0. The van der Waals surface area contributed by atoms with Crippen molar-refractivity contribution in [3.8, 4) is 11.1 Å². The molecule has 0 heterocycles. The third kappa shape index (κ3) is 4.32. The summed E-state index contributed by atoms with van der Waals surface area (Å²) in [5, 5.41) is 3.01. The number of para-hydroxylation sites is 1. The molecule has 0 aliphatic rings. The maximum atomic E-state index is 13.0. The Hall–Kier alpha value is -2.94. The van der Waals surface area contributed by atoms with Crippen LogP contribution in [0.4, 0.5) is 10.1 Å². The van der Waals surface area contributed by atoms with Crippen LogP contribution in [0.3, 0.4) is 0 Å². The Bertz CT molecular complexity index is 843. The van der Waals surface area contributed by atoms with Gasteiger partial charge in [0.1, 0.15) is 5.82 Å². The Kier molecular flexibility index (Phi) is 5.24. The molecule has 1 atom stereocenters. The van der Waals surface area contributed by atoms with E-state index in [0.29, 0.717) is 6.42 Å². The average molecular weight is 333 g/mol. The zero-order valence-electron chi connectivity index (χ0n) is 14.1. The van der Waals surface area contributed by atoms with Crippen LogP contribution in [0, 0.1) is 5.82 Å². The number of halogens is 1. The van der Waals surface area contributed by atoms with E-state index in [1.807, 2.05) is 61.5 Å². The molecule has 126 valence electrons. The summed E-state index contributed by atoms with van der Waals surface area (Å²) >= 11 is 0. The van der Waals surface area contributed by atoms with Crippen LogP contribution in [0.25, 0.3) is 11.1 Å². The smallest absolute Gasteiger partial charge is 0.224 e. The van der Waals surface area contributed by atoms with Crippen LogP contribution in [0.5, 0.6) is 0 Å². The number of anilines is 1. The van der Waals surface area contributed by atoms with E-state index in [-0.39, 0.29) is 17.6 Å². The molecule has 0 aromatic heterocycles. The highest BCUT2D eigenvalue weighted by Crippen LogP contribution is 2.28. The van der Waals surface area contributed by atoms with Crippen LogP contribution in [-0.4, -0.2) is 5.91 Å². The first-order valence-electron chi connectivity index (χ1n) is 8.33. The van der Waals surface area contributed by atoms with Crippen LogP contribution >= 0.6 is 0 Å². The summed E-state index contributed by atoms with van der Waals surface area (Å²) < 4.78 is 13.0. The first kappa shape index (κ1) is 16.9. The van der Waals surface area contributed by atoms with Gasteiger partial charge in [-0.15, -0.1) is 0 Å². The van der Waals surface area contributed by atoms with Crippen molar-refractivity contribution in [3.63, 3.8) is 0 Å². The van der Waals surface area contributed by atoms with Gasteiger partial charge in [0.25, 0.3) is 0 Å². The van der Waals surface area contributed by atoms with E-state index in [0.717, 1.165) is 22.4 Å². The van der Waals surface area contributed by atoms with Gasteiger partial charge in [-0.2, -0.15) is 0 Å². The van der Waals surface area contributed by atoms with Gasteiger partial charge in [-0.3, -0.25) is 4.79 Å². The fourth-order valence-corrected chi connectivity index (χ4v) is 2.85. The highest BCUT2D eigenvalue weighted by molar-refractivity contribution is 5.95. The van der Waals surface area contributed by atoms with E-state index < -0.39 is 0 Å². The van der Waals surface area contributed by atoms with Crippen molar-refractivity contribution in [3.05, 3.63) is 90.2 Å². The van der Waals surface area contributed by atoms with E-state index in [1.165, 1.54) is 12.1 Å². The van der Waals surface area contributed by atoms with Gasteiger partial charge in [-0.1, -0.05) is 67.6 Å². The summed E-state index contributed by atoms with van der Waals surface area (Å²) in [7, 11) is 0. The van der Waals surface area contributed by atoms with Crippen LogP contribution in [0.2, 0.25) is 0 Å². The topological polar surface area (TPSA) is 29.1 Å². The van der Waals surface area contributed by atoms with Crippen molar-refractivity contribution in [1.82, 2.24) is 0 Å². The Morgan fingerprint density at radius 2 is 1.56 bits per heavy atom. The zero-order chi connectivity index (χ0) is 17.6. The highest BCUT2D eigenvalue weighted by Gasteiger charge is 2.13. The van der Waals surface area contributed by atoms with Crippen LogP contribution in [0.1, 0.15) is 24.8 Å². The summed E-state index contributed by atoms with van der Waals surface area (Å²) in [6.07, 6.45) is 0.342. The van der Waals surface area contributed by atoms with Gasteiger partial charge in [0.2, 0.25) is 5.91 Å². The minimum absolute atomic E-state index is 0.0180. The second-order valence-corrected chi connectivity index (χ2v) is 6.12. The normalized spacial score (nSPS) is 11.8. The van der Waals surface area contributed by atoms with Gasteiger partial charge in [-0.05, 0) is 35.2 Å². The average Bonchev–Trinajstić information content (AvgIpc) is 2.63. The molecule has 1 unspecified atom stereocenters. The molecular weight excluding hydrogens is 313 g/mol. The van der Waals surface area contributed by atoms with E-state index in [2.05, 4.69) is 5.32 Å².